The molecule has 0 unspecified atom stereocenters. The van der Waals surface area contributed by atoms with E-state index in [4.69, 9.17) is 4.74 Å². The van der Waals surface area contributed by atoms with Crippen LogP contribution >= 0.6 is 11.3 Å². The van der Waals surface area contributed by atoms with Crippen molar-refractivity contribution in [2.24, 2.45) is 0 Å². The molecule has 0 saturated carbocycles. The third-order valence-corrected chi connectivity index (χ3v) is 3.58. The number of hydrogen-bond acceptors (Lipinski definition) is 3. The molecule has 4 heteroatoms. The lowest BCUT2D eigenvalue weighted by atomic mass is 10.1. The molecule has 0 radical (unpaired) electrons. The molecule has 96 valence electrons. The van der Waals surface area contributed by atoms with Crippen molar-refractivity contribution in [2.75, 3.05) is 7.11 Å². The third kappa shape index (κ3) is 3.09. The summed E-state index contributed by atoms with van der Waals surface area (Å²) in [7, 11) is 1.60. The van der Waals surface area contributed by atoms with E-state index in [-0.39, 0.29) is 11.9 Å². The lowest BCUT2D eigenvalue weighted by Gasteiger charge is -2.17. The second-order valence-electron chi connectivity index (χ2n) is 4.12. The molecular formula is C14H16FNOS. The molecule has 2 nitrogen and oxygen atoms in total. The lowest BCUT2D eigenvalue weighted by molar-refractivity contribution is 0.400. The quantitative estimate of drug-likeness (QED) is 0.889. The topological polar surface area (TPSA) is 21.3 Å². The van der Waals surface area contributed by atoms with Crippen LogP contribution in [-0.4, -0.2) is 7.11 Å². The molecule has 0 amide bonds. The molecule has 0 aliphatic heterocycles. The highest BCUT2D eigenvalue weighted by Gasteiger charge is 2.12. The van der Waals surface area contributed by atoms with E-state index in [2.05, 4.69) is 16.8 Å². The van der Waals surface area contributed by atoms with Gasteiger partial charge < -0.3 is 10.1 Å². The van der Waals surface area contributed by atoms with Crippen molar-refractivity contribution < 1.29 is 9.13 Å². The average Bonchev–Trinajstić information content (AvgIpc) is 2.89. The number of hydrogen-bond donors (Lipinski definition) is 1. The van der Waals surface area contributed by atoms with Gasteiger partial charge in [0.1, 0.15) is 11.6 Å². The van der Waals surface area contributed by atoms with Crippen LogP contribution in [0.25, 0.3) is 0 Å². The highest BCUT2D eigenvalue weighted by Crippen LogP contribution is 2.26. The van der Waals surface area contributed by atoms with Gasteiger partial charge in [0.25, 0.3) is 0 Å². The molecule has 0 fully saturated rings. The van der Waals surface area contributed by atoms with Crippen LogP contribution in [0.15, 0.2) is 35.0 Å². The van der Waals surface area contributed by atoms with Crippen molar-refractivity contribution >= 4 is 11.3 Å². The van der Waals surface area contributed by atoms with Crippen LogP contribution in [0.4, 0.5) is 4.39 Å². The molecule has 0 spiro atoms. The van der Waals surface area contributed by atoms with E-state index in [9.17, 15) is 4.39 Å². The van der Waals surface area contributed by atoms with Crippen molar-refractivity contribution in [3.05, 3.63) is 52.0 Å². The number of methoxy groups -OCH3 is 1. The van der Waals surface area contributed by atoms with Crippen molar-refractivity contribution in [2.45, 2.75) is 19.5 Å². The zero-order chi connectivity index (χ0) is 13.0. The summed E-state index contributed by atoms with van der Waals surface area (Å²) in [6, 6.07) is 6.70. The summed E-state index contributed by atoms with van der Waals surface area (Å²) in [6.07, 6.45) is 0. The van der Waals surface area contributed by atoms with E-state index in [1.165, 1.54) is 17.7 Å². The fraction of sp³-hybridized carbons (Fsp3) is 0.286. The molecule has 1 aromatic carbocycles. The third-order valence-electron chi connectivity index (χ3n) is 2.85. The molecule has 0 aliphatic carbocycles. The Bertz CT molecular complexity index is 499. The molecule has 1 N–H and O–H groups in total. The van der Waals surface area contributed by atoms with Crippen LogP contribution in [0.5, 0.6) is 5.75 Å². The van der Waals surface area contributed by atoms with E-state index in [0.717, 1.165) is 12.1 Å². The summed E-state index contributed by atoms with van der Waals surface area (Å²) in [4.78, 5) is 0. The monoisotopic (exact) mass is 265 g/mol. The Hall–Kier alpha value is -1.39. The maximum absolute atomic E-state index is 13.3. The number of halogens is 1. The average molecular weight is 265 g/mol. The minimum absolute atomic E-state index is 0.0375. The lowest BCUT2D eigenvalue weighted by Crippen LogP contribution is -2.18. The van der Waals surface area contributed by atoms with Crippen molar-refractivity contribution in [1.29, 1.82) is 0 Å². The van der Waals surface area contributed by atoms with E-state index in [1.54, 1.807) is 24.5 Å². The van der Waals surface area contributed by atoms with E-state index < -0.39 is 0 Å². The second kappa shape index (κ2) is 5.98. The molecule has 0 aliphatic rings. The van der Waals surface area contributed by atoms with E-state index in [1.807, 2.05) is 12.3 Å². The first kappa shape index (κ1) is 13.1. The molecule has 18 heavy (non-hydrogen) atoms. The van der Waals surface area contributed by atoms with Gasteiger partial charge in [0, 0.05) is 18.2 Å². The molecule has 2 rings (SSSR count). The maximum atomic E-state index is 13.3. The summed E-state index contributed by atoms with van der Waals surface area (Å²) in [5, 5.41) is 7.51. The summed E-state index contributed by atoms with van der Waals surface area (Å²) in [5.74, 6) is 0.469. The maximum Gasteiger partial charge on any atom is 0.123 e. The Kier molecular flexibility index (Phi) is 4.33. The minimum Gasteiger partial charge on any atom is -0.496 e. The smallest absolute Gasteiger partial charge is 0.123 e. The van der Waals surface area contributed by atoms with Crippen LogP contribution in [0, 0.1) is 5.82 Å². The highest BCUT2D eigenvalue weighted by molar-refractivity contribution is 7.07. The van der Waals surface area contributed by atoms with E-state index >= 15 is 0 Å². The Balaban J connectivity index is 2.08. The predicted molar refractivity (Wildman–Crippen MR) is 72.5 cm³/mol. The Labute approximate surface area is 110 Å². The number of rotatable bonds is 5. The van der Waals surface area contributed by atoms with Gasteiger partial charge in [-0.25, -0.2) is 4.39 Å². The first-order valence-corrected chi connectivity index (χ1v) is 6.73. The molecule has 1 atom stereocenters. The van der Waals surface area contributed by atoms with Crippen molar-refractivity contribution in [1.82, 2.24) is 5.32 Å². The van der Waals surface area contributed by atoms with Gasteiger partial charge >= 0.3 is 0 Å². The minimum atomic E-state index is -0.241. The number of benzene rings is 1. The fourth-order valence-electron chi connectivity index (χ4n) is 1.82. The van der Waals surface area contributed by atoms with Crippen LogP contribution in [-0.2, 0) is 6.54 Å². The van der Waals surface area contributed by atoms with Gasteiger partial charge in [0.15, 0.2) is 0 Å². The molecule has 2 aromatic rings. The van der Waals surface area contributed by atoms with Gasteiger partial charge in [-0.3, -0.25) is 0 Å². The summed E-state index contributed by atoms with van der Waals surface area (Å²) < 4.78 is 18.5. The largest absolute Gasteiger partial charge is 0.496 e. The second-order valence-corrected chi connectivity index (χ2v) is 4.90. The zero-order valence-electron chi connectivity index (χ0n) is 10.4. The summed E-state index contributed by atoms with van der Waals surface area (Å²) in [6.45, 7) is 2.77. The Morgan fingerprint density at radius 3 is 2.89 bits per heavy atom. The zero-order valence-corrected chi connectivity index (χ0v) is 11.3. The van der Waals surface area contributed by atoms with Crippen LogP contribution in [0.2, 0.25) is 0 Å². The number of nitrogens with one attached hydrogen (secondary N) is 1. The number of ether oxygens (including phenoxy) is 1. The number of thiophene rings is 1. The predicted octanol–water partition coefficient (Wildman–Crippen LogP) is 3.75. The first-order chi connectivity index (χ1) is 8.70. The van der Waals surface area contributed by atoms with Gasteiger partial charge in [-0.1, -0.05) is 0 Å². The van der Waals surface area contributed by atoms with Gasteiger partial charge in [-0.05, 0) is 47.5 Å². The van der Waals surface area contributed by atoms with Crippen LogP contribution in [0.1, 0.15) is 24.1 Å². The summed E-state index contributed by atoms with van der Waals surface area (Å²) in [5.41, 5.74) is 2.08. The standard InChI is InChI=1S/C14H16FNOS/c1-10(16-8-11-5-6-18-9-11)13-7-12(15)3-4-14(13)17-2/h3-7,9-10,16H,8H2,1-2H3/t10-/m0/s1. The van der Waals surface area contributed by atoms with Gasteiger partial charge in [-0.2, -0.15) is 11.3 Å². The van der Waals surface area contributed by atoms with Crippen molar-refractivity contribution in [3.8, 4) is 5.75 Å². The van der Waals surface area contributed by atoms with Crippen molar-refractivity contribution in [3.63, 3.8) is 0 Å². The molecular weight excluding hydrogens is 249 g/mol. The van der Waals surface area contributed by atoms with Gasteiger partial charge in [0.2, 0.25) is 0 Å². The van der Waals surface area contributed by atoms with Gasteiger partial charge in [-0.15, -0.1) is 0 Å². The highest BCUT2D eigenvalue weighted by atomic mass is 32.1. The van der Waals surface area contributed by atoms with E-state index in [0.29, 0.717) is 5.75 Å². The Morgan fingerprint density at radius 1 is 1.39 bits per heavy atom. The van der Waals surface area contributed by atoms with Gasteiger partial charge in [0.05, 0.1) is 7.11 Å². The SMILES string of the molecule is COc1ccc(F)cc1[C@H](C)NCc1ccsc1. The normalized spacial score (nSPS) is 12.4. The van der Waals surface area contributed by atoms with Crippen LogP contribution < -0.4 is 10.1 Å². The Morgan fingerprint density at radius 2 is 2.22 bits per heavy atom. The summed E-state index contributed by atoms with van der Waals surface area (Å²) >= 11 is 1.67. The van der Waals surface area contributed by atoms with Crippen LogP contribution in [0.3, 0.4) is 0 Å². The first-order valence-electron chi connectivity index (χ1n) is 5.78. The fourth-order valence-corrected chi connectivity index (χ4v) is 2.49. The molecule has 1 heterocycles. The molecule has 1 aromatic heterocycles. The molecule has 0 saturated heterocycles. The molecule has 0 bridgehead atoms.